The minimum atomic E-state index is 0.421. The summed E-state index contributed by atoms with van der Waals surface area (Å²) in [6.07, 6.45) is 0.834. The van der Waals surface area contributed by atoms with Gasteiger partial charge in [-0.3, -0.25) is 0 Å². The summed E-state index contributed by atoms with van der Waals surface area (Å²) < 4.78 is 0. The van der Waals surface area contributed by atoms with E-state index in [9.17, 15) is 5.11 Å². The predicted molar refractivity (Wildman–Crippen MR) is 83.3 cm³/mol. The maximum Gasteiger partial charge on any atom is 0.120 e. The predicted octanol–water partition coefficient (Wildman–Crippen LogP) is 4.73. The number of aromatic hydroxyl groups is 1. The molecule has 1 heteroatoms. The Morgan fingerprint density at radius 3 is 2.50 bits per heavy atom. The molecule has 0 aromatic heterocycles. The van der Waals surface area contributed by atoms with Gasteiger partial charge in [0.15, 0.2) is 0 Å². The Labute approximate surface area is 118 Å². The molecule has 0 heterocycles. The van der Waals surface area contributed by atoms with Crippen LogP contribution in [-0.4, -0.2) is 5.11 Å². The van der Waals surface area contributed by atoms with Crippen LogP contribution >= 0.6 is 0 Å². The van der Waals surface area contributed by atoms with Crippen LogP contribution in [0.5, 0.6) is 5.75 Å². The Kier molecular flexibility index (Phi) is 2.23. The molecule has 0 unspecified atom stereocenters. The molecule has 4 rings (SSSR count). The van der Waals surface area contributed by atoms with Gasteiger partial charge in [-0.05, 0) is 47.4 Å². The molecule has 1 aliphatic rings. The highest BCUT2D eigenvalue weighted by atomic mass is 16.3. The lowest BCUT2D eigenvalue weighted by Crippen LogP contribution is -1.85. The van der Waals surface area contributed by atoms with Crippen LogP contribution < -0.4 is 0 Å². The van der Waals surface area contributed by atoms with Crippen molar-refractivity contribution in [2.75, 3.05) is 0 Å². The Morgan fingerprint density at radius 1 is 0.900 bits per heavy atom. The van der Waals surface area contributed by atoms with Crippen molar-refractivity contribution in [1.29, 1.82) is 0 Å². The van der Waals surface area contributed by atoms with Crippen molar-refractivity contribution in [3.8, 4) is 16.9 Å². The van der Waals surface area contributed by atoms with Crippen molar-refractivity contribution in [3.63, 3.8) is 0 Å². The Balaban J connectivity index is 2.17. The first kappa shape index (κ1) is 11.5. The highest BCUT2D eigenvalue weighted by Gasteiger charge is 2.23. The van der Waals surface area contributed by atoms with E-state index in [0.29, 0.717) is 5.75 Å². The summed E-state index contributed by atoms with van der Waals surface area (Å²) in [7, 11) is 0. The molecule has 1 aliphatic carbocycles. The maximum atomic E-state index is 10.3. The van der Waals surface area contributed by atoms with E-state index in [1.54, 1.807) is 0 Å². The number of hydrogen-bond donors (Lipinski definition) is 1. The van der Waals surface area contributed by atoms with Gasteiger partial charge in [0.2, 0.25) is 0 Å². The third-order valence-electron chi connectivity index (χ3n) is 4.28. The zero-order chi connectivity index (χ0) is 13.9. The van der Waals surface area contributed by atoms with Gasteiger partial charge in [0, 0.05) is 12.0 Å². The molecule has 1 N–H and O–H groups in total. The first-order chi connectivity index (χ1) is 9.63. The molecular formula is C19H16O. The minimum absolute atomic E-state index is 0.421. The number of fused-ring (bicyclic) bond motifs is 5. The second-order valence-corrected chi connectivity index (χ2v) is 5.81. The summed E-state index contributed by atoms with van der Waals surface area (Å²) in [5.41, 5.74) is 7.42. The Hall–Kier alpha value is -2.28. The number of aryl methyl sites for hydroxylation is 2. The van der Waals surface area contributed by atoms with E-state index in [1.165, 1.54) is 33.2 Å². The molecule has 0 atom stereocenters. The fourth-order valence-corrected chi connectivity index (χ4v) is 3.29. The molecule has 0 radical (unpaired) electrons. The molecule has 0 spiro atoms. The largest absolute Gasteiger partial charge is 0.508 e. The van der Waals surface area contributed by atoms with Gasteiger partial charge >= 0.3 is 0 Å². The molecule has 20 heavy (non-hydrogen) atoms. The van der Waals surface area contributed by atoms with Crippen LogP contribution in [0.15, 0.2) is 42.5 Å². The third kappa shape index (κ3) is 1.50. The van der Waals surface area contributed by atoms with Crippen LogP contribution in [0, 0.1) is 13.8 Å². The fraction of sp³-hybridized carbons (Fsp3) is 0.158. The van der Waals surface area contributed by atoms with E-state index in [0.717, 1.165) is 17.4 Å². The van der Waals surface area contributed by atoms with Crippen LogP contribution in [0.4, 0.5) is 0 Å². The van der Waals surface area contributed by atoms with Gasteiger partial charge in [-0.15, -0.1) is 0 Å². The standard InChI is InChI=1S/C19H16O/c1-11-3-5-13-9-17-18(20)10-14-6-4-12(2)8-16(14)19(17)15(13)7-11/h3-8,10,20H,9H2,1-2H3. The van der Waals surface area contributed by atoms with Gasteiger partial charge in [0.25, 0.3) is 0 Å². The van der Waals surface area contributed by atoms with Crippen molar-refractivity contribution in [3.05, 3.63) is 64.7 Å². The average molecular weight is 260 g/mol. The van der Waals surface area contributed by atoms with Gasteiger partial charge in [0.05, 0.1) is 0 Å². The molecule has 3 aromatic rings. The van der Waals surface area contributed by atoms with E-state index >= 15 is 0 Å². The zero-order valence-corrected chi connectivity index (χ0v) is 11.7. The lowest BCUT2D eigenvalue weighted by atomic mass is 9.95. The Morgan fingerprint density at radius 2 is 1.65 bits per heavy atom. The van der Waals surface area contributed by atoms with Gasteiger partial charge in [-0.25, -0.2) is 0 Å². The van der Waals surface area contributed by atoms with Crippen LogP contribution in [0.25, 0.3) is 21.9 Å². The molecule has 0 fully saturated rings. The van der Waals surface area contributed by atoms with Gasteiger partial charge in [-0.1, -0.05) is 47.5 Å². The fourth-order valence-electron chi connectivity index (χ4n) is 3.29. The minimum Gasteiger partial charge on any atom is -0.508 e. The first-order valence-electron chi connectivity index (χ1n) is 6.98. The monoisotopic (exact) mass is 260 g/mol. The lowest BCUT2D eigenvalue weighted by molar-refractivity contribution is 0.471. The highest BCUT2D eigenvalue weighted by molar-refractivity contribution is 6.03. The zero-order valence-electron chi connectivity index (χ0n) is 11.7. The van der Waals surface area contributed by atoms with Gasteiger partial charge in [0.1, 0.15) is 5.75 Å². The van der Waals surface area contributed by atoms with Crippen molar-refractivity contribution >= 4 is 10.8 Å². The highest BCUT2D eigenvalue weighted by Crippen LogP contribution is 2.45. The van der Waals surface area contributed by atoms with E-state index < -0.39 is 0 Å². The van der Waals surface area contributed by atoms with Gasteiger partial charge < -0.3 is 5.11 Å². The number of phenols is 1. The summed E-state index contributed by atoms with van der Waals surface area (Å²) in [6.45, 7) is 4.24. The molecule has 0 bridgehead atoms. The van der Waals surface area contributed by atoms with Crippen LogP contribution in [-0.2, 0) is 6.42 Å². The normalized spacial score (nSPS) is 12.5. The van der Waals surface area contributed by atoms with E-state index in [1.807, 2.05) is 6.07 Å². The van der Waals surface area contributed by atoms with Crippen LogP contribution in [0.2, 0.25) is 0 Å². The summed E-state index contributed by atoms with van der Waals surface area (Å²) >= 11 is 0. The molecule has 98 valence electrons. The number of benzene rings is 3. The van der Waals surface area contributed by atoms with Gasteiger partial charge in [-0.2, -0.15) is 0 Å². The summed E-state index contributed by atoms with van der Waals surface area (Å²) in [5.74, 6) is 0.421. The Bertz CT molecular complexity index is 859. The van der Waals surface area contributed by atoms with Crippen LogP contribution in [0.1, 0.15) is 22.3 Å². The quantitative estimate of drug-likeness (QED) is 0.484. The number of rotatable bonds is 0. The van der Waals surface area contributed by atoms with E-state index in [2.05, 4.69) is 50.2 Å². The second kappa shape index (κ2) is 3.86. The first-order valence-corrected chi connectivity index (χ1v) is 6.98. The molecule has 3 aromatic carbocycles. The summed E-state index contributed by atoms with van der Waals surface area (Å²) in [5, 5.41) is 12.7. The topological polar surface area (TPSA) is 20.2 Å². The van der Waals surface area contributed by atoms with E-state index in [-0.39, 0.29) is 0 Å². The maximum absolute atomic E-state index is 10.3. The number of phenolic OH excluding ortho intramolecular Hbond substituents is 1. The molecule has 0 amide bonds. The number of hydrogen-bond acceptors (Lipinski definition) is 1. The third-order valence-corrected chi connectivity index (χ3v) is 4.28. The average Bonchev–Trinajstić information content (AvgIpc) is 2.79. The molecule has 0 saturated heterocycles. The second-order valence-electron chi connectivity index (χ2n) is 5.81. The molecular weight excluding hydrogens is 244 g/mol. The van der Waals surface area contributed by atoms with Crippen molar-refractivity contribution in [1.82, 2.24) is 0 Å². The van der Waals surface area contributed by atoms with Crippen molar-refractivity contribution < 1.29 is 5.11 Å². The SMILES string of the molecule is Cc1ccc2c(c1)-c1c(c(O)cc3ccc(C)cc13)C2. The molecule has 0 aliphatic heterocycles. The van der Waals surface area contributed by atoms with Crippen LogP contribution in [0.3, 0.4) is 0 Å². The smallest absolute Gasteiger partial charge is 0.120 e. The van der Waals surface area contributed by atoms with E-state index in [4.69, 9.17) is 0 Å². The molecule has 1 nitrogen and oxygen atoms in total. The lowest BCUT2D eigenvalue weighted by Gasteiger charge is -2.10. The summed E-state index contributed by atoms with van der Waals surface area (Å²) in [4.78, 5) is 0. The summed E-state index contributed by atoms with van der Waals surface area (Å²) in [6, 6.07) is 14.9. The van der Waals surface area contributed by atoms with Crippen molar-refractivity contribution in [2.24, 2.45) is 0 Å². The molecule has 0 saturated carbocycles. The van der Waals surface area contributed by atoms with Crippen molar-refractivity contribution in [2.45, 2.75) is 20.3 Å².